The van der Waals surface area contributed by atoms with Gasteiger partial charge >= 0.3 is 0 Å². The van der Waals surface area contributed by atoms with Gasteiger partial charge in [0.25, 0.3) is 0 Å². The summed E-state index contributed by atoms with van der Waals surface area (Å²) >= 11 is 3.38. The zero-order chi connectivity index (χ0) is 13.7. The van der Waals surface area contributed by atoms with E-state index in [9.17, 15) is 5.11 Å². The Balaban J connectivity index is 2.18. The van der Waals surface area contributed by atoms with E-state index >= 15 is 0 Å². The van der Waals surface area contributed by atoms with Crippen molar-refractivity contribution in [3.8, 4) is 0 Å². The zero-order valence-electron chi connectivity index (χ0n) is 10.9. The highest BCUT2D eigenvalue weighted by Gasteiger charge is 2.08. The Kier molecular flexibility index (Phi) is 4.93. The van der Waals surface area contributed by atoms with E-state index in [2.05, 4.69) is 57.0 Å². The van der Waals surface area contributed by atoms with Crippen LogP contribution in [0.4, 0.5) is 5.82 Å². The van der Waals surface area contributed by atoms with E-state index < -0.39 is 0 Å². The summed E-state index contributed by atoms with van der Waals surface area (Å²) < 4.78 is 0.803. The lowest BCUT2D eigenvalue weighted by atomic mass is 10.1. The lowest BCUT2D eigenvalue weighted by Gasteiger charge is -2.23. The van der Waals surface area contributed by atoms with E-state index in [4.69, 9.17) is 0 Å². The first-order valence-corrected chi connectivity index (χ1v) is 7.02. The maximum atomic E-state index is 9.21. The summed E-state index contributed by atoms with van der Waals surface area (Å²) in [7, 11) is 0. The van der Waals surface area contributed by atoms with Crippen LogP contribution in [-0.4, -0.2) is 23.2 Å². The van der Waals surface area contributed by atoms with Gasteiger partial charge in [0.15, 0.2) is 0 Å². The van der Waals surface area contributed by atoms with Crippen molar-refractivity contribution in [3.63, 3.8) is 0 Å². The summed E-state index contributed by atoms with van der Waals surface area (Å²) in [6.45, 7) is 3.49. The molecule has 0 saturated heterocycles. The number of anilines is 1. The predicted molar refractivity (Wildman–Crippen MR) is 81.3 cm³/mol. The summed E-state index contributed by atoms with van der Waals surface area (Å²) in [5, 5.41) is 9.21. The molecule has 0 aliphatic rings. The smallest absolute Gasteiger partial charge is 0.130 e. The van der Waals surface area contributed by atoms with Crippen molar-refractivity contribution >= 4 is 21.7 Å². The van der Waals surface area contributed by atoms with Gasteiger partial charge in [-0.25, -0.2) is 4.98 Å². The van der Waals surface area contributed by atoms with Crippen molar-refractivity contribution in [1.82, 2.24) is 4.98 Å². The number of nitrogens with zero attached hydrogens (tertiary/aromatic N) is 2. The molecule has 0 fully saturated rings. The van der Waals surface area contributed by atoms with Gasteiger partial charge in [0.2, 0.25) is 0 Å². The van der Waals surface area contributed by atoms with Gasteiger partial charge in [-0.05, 0) is 40.5 Å². The van der Waals surface area contributed by atoms with Crippen LogP contribution in [0, 0.1) is 6.92 Å². The second-order valence-corrected chi connectivity index (χ2v) is 5.26. The normalized spacial score (nSPS) is 10.5. The molecular weight excluding hydrogens is 304 g/mol. The Labute approximate surface area is 122 Å². The number of benzene rings is 1. The summed E-state index contributed by atoms with van der Waals surface area (Å²) in [6, 6.07) is 14.2. The number of hydrogen-bond donors (Lipinski definition) is 1. The van der Waals surface area contributed by atoms with E-state index in [1.165, 1.54) is 11.1 Å². The Hall–Kier alpha value is -1.39. The fourth-order valence-electron chi connectivity index (χ4n) is 1.88. The molecule has 0 unspecified atom stereocenters. The molecule has 1 aromatic carbocycles. The standard InChI is InChI=1S/C15H17BrN2O/c1-12-5-7-13(8-6-12)11-18(9-10-19)15-4-2-3-14(16)17-15/h2-8,19H,9-11H2,1H3. The molecule has 4 heteroatoms. The minimum Gasteiger partial charge on any atom is -0.395 e. The lowest BCUT2D eigenvalue weighted by Crippen LogP contribution is -2.26. The van der Waals surface area contributed by atoms with Crippen molar-refractivity contribution in [2.24, 2.45) is 0 Å². The average molecular weight is 321 g/mol. The molecule has 0 atom stereocenters. The van der Waals surface area contributed by atoms with Gasteiger partial charge in [0.05, 0.1) is 6.61 Å². The molecule has 0 spiro atoms. The number of aryl methyl sites for hydroxylation is 1. The largest absolute Gasteiger partial charge is 0.395 e. The molecule has 19 heavy (non-hydrogen) atoms. The molecule has 0 saturated carbocycles. The molecule has 0 radical (unpaired) electrons. The highest BCUT2D eigenvalue weighted by atomic mass is 79.9. The van der Waals surface area contributed by atoms with E-state index in [1.54, 1.807) is 0 Å². The van der Waals surface area contributed by atoms with Crippen LogP contribution in [0.15, 0.2) is 47.1 Å². The molecule has 0 amide bonds. The maximum Gasteiger partial charge on any atom is 0.130 e. The molecule has 0 aliphatic carbocycles. The topological polar surface area (TPSA) is 36.4 Å². The quantitative estimate of drug-likeness (QED) is 0.860. The van der Waals surface area contributed by atoms with Gasteiger partial charge in [-0.15, -0.1) is 0 Å². The number of aromatic nitrogens is 1. The molecule has 2 rings (SSSR count). The van der Waals surface area contributed by atoms with Gasteiger partial charge in [-0.3, -0.25) is 0 Å². The number of halogens is 1. The van der Waals surface area contributed by atoms with Gasteiger partial charge in [-0.2, -0.15) is 0 Å². The molecule has 2 aromatic rings. The minimum atomic E-state index is 0.111. The first kappa shape index (κ1) is 14.0. The van der Waals surface area contributed by atoms with Gasteiger partial charge in [0, 0.05) is 13.1 Å². The highest BCUT2D eigenvalue weighted by Crippen LogP contribution is 2.17. The molecule has 0 aliphatic heterocycles. The minimum absolute atomic E-state index is 0.111. The second kappa shape index (κ2) is 6.68. The first-order valence-electron chi connectivity index (χ1n) is 6.23. The third kappa shape index (κ3) is 4.04. The van der Waals surface area contributed by atoms with Crippen LogP contribution in [0.5, 0.6) is 0 Å². The SMILES string of the molecule is Cc1ccc(CN(CCO)c2cccc(Br)n2)cc1. The number of hydrogen-bond acceptors (Lipinski definition) is 3. The van der Waals surface area contributed by atoms with E-state index in [0.29, 0.717) is 6.54 Å². The van der Waals surface area contributed by atoms with Crippen molar-refractivity contribution in [3.05, 3.63) is 58.2 Å². The fraction of sp³-hybridized carbons (Fsp3) is 0.267. The van der Waals surface area contributed by atoms with Crippen LogP contribution in [0.3, 0.4) is 0 Å². The molecule has 100 valence electrons. The van der Waals surface area contributed by atoms with Crippen LogP contribution in [0.2, 0.25) is 0 Å². The molecule has 0 bridgehead atoms. The van der Waals surface area contributed by atoms with Crippen LogP contribution < -0.4 is 4.90 Å². The second-order valence-electron chi connectivity index (χ2n) is 4.45. The van der Waals surface area contributed by atoms with Crippen LogP contribution in [0.1, 0.15) is 11.1 Å². The van der Waals surface area contributed by atoms with Gasteiger partial charge in [0.1, 0.15) is 10.4 Å². The van der Waals surface area contributed by atoms with E-state index in [-0.39, 0.29) is 6.61 Å². The number of aliphatic hydroxyl groups excluding tert-OH is 1. The Bertz CT molecular complexity index is 528. The van der Waals surface area contributed by atoms with Crippen molar-refractivity contribution in [1.29, 1.82) is 0 Å². The number of pyridine rings is 1. The van der Waals surface area contributed by atoms with Crippen LogP contribution in [0.25, 0.3) is 0 Å². The van der Waals surface area contributed by atoms with Gasteiger partial charge < -0.3 is 10.0 Å². The Morgan fingerprint density at radius 2 is 1.89 bits per heavy atom. The number of aliphatic hydroxyl groups is 1. The van der Waals surface area contributed by atoms with E-state index in [1.807, 2.05) is 18.2 Å². The van der Waals surface area contributed by atoms with Crippen molar-refractivity contribution < 1.29 is 5.11 Å². The van der Waals surface area contributed by atoms with Crippen molar-refractivity contribution in [2.75, 3.05) is 18.1 Å². The summed E-state index contributed by atoms with van der Waals surface area (Å²) in [6.07, 6.45) is 0. The van der Waals surface area contributed by atoms with Crippen LogP contribution in [-0.2, 0) is 6.54 Å². The van der Waals surface area contributed by atoms with Crippen molar-refractivity contribution in [2.45, 2.75) is 13.5 Å². The average Bonchev–Trinajstić information content (AvgIpc) is 2.41. The third-order valence-corrected chi connectivity index (χ3v) is 3.33. The highest BCUT2D eigenvalue weighted by molar-refractivity contribution is 9.10. The fourth-order valence-corrected chi connectivity index (χ4v) is 2.22. The summed E-state index contributed by atoms with van der Waals surface area (Å²) in [5.74, 6) is 0.865. The van der Waals surface area contributed by atoms with E-state index in [0.717, 1.165) is 17.0 Å². The third-order valence-electron chi connectivity index (χ3n) is 2.89. The first-order chi connectivity index (χ1) is 9.19. The van der Waals surface area contributed by atoms with Crippen LogP contribution >= 0.6 is 15.9 Å². The monoisotopic (exact) mass is 320 g/mol. The Morgan fingerprint density at radius 1 is 1.16 bits per heavy atom. The molecule has 1 heterocycles. The van der Waals surface area contributed by atoms with Gasteiger partial charge in [-0.1, -0.05) is 35.9 Å². The lowest BCUT2D eigenvalue weighted by molar-refractivity contribution is 0.301. The predicted octanol–water partition coefficient (Wildman–Crippen LogP) is 3.15. The molecule has 1 aromatic heterocycles. The molecular formula is C15H17BrN2O. The maximum absolute atomic E-state index is 9.21. The summed E-state index contributed by atoms with van der Waals surface area (Å²) in [4.78, 5) is 6.50. The molecule has 3 nitrogen and oxygen atoms in total. The zero-order valence-corrected chi connectivity index (χ0v) is 12.5. The Morgan fingerprint density at radius 3 is 2.53 bits per heavy atom. The molecule has 1 N–H and O–H groups in total. The summed E-state index contributed by atoms with van der Waals surface area (Å²) in [5.41, 5.74) is 2.46. The number of rotatable bonds is 5.